The zero-order valence-corrected chi connectivity index (χ0v) is 16.6. The quantitative estimate of drug-likeness (QED) is 0.550. The molecule has 0 bridgehead atoms. The van der Waals surface area contributed by atoms with Crippen LogP contribution in [-0.2, 0) is 9.59 Å². The highest BCUT2D eigenvalue weighted by molar-refractivity contribution is 14.1. The lowest BCUT2D eigenvalue weighted by molar-refractivity contribution is -0.130. The van der Waals surface area contributed by atoms with Gasteiger partial charge in [-0.1, -0.05) is 42.5 Å². The zero-order valence-electron chi connectivity index (χ0n) is 14.4. The topological polar surface area (TPSA) is 49.4 Å². The third-order valence-electron chi connectivity index (χ3n) is 4.53. The Kier molecular flexibility index (Phi) is 6.44. The number of likely N-dealkylation sites (tertiary alicyclic amines) is 1. The molecule has 1 aliphatic rings. The predicted octanol–water partition coefficient (Wildman–Crippen LogP) is 4.18. The van der Waals surface area contributed by atoms with E-state index in [1.165, 1.54) is 0 Å². The molecule has 2 aromatic rings. The van der Waals surface area contributed by atoms with Crippen LogP contribution in [0.5, 0.6) is 0 Å². The lowest BCUT2D eigenvalue weighted by Gasteiger charge is -2.30. The van der Waals surface area contributed by atoms with Gasteiger partial charge < -0.3 is 10.2 Å². The van der Waals surface area contributed by atoms with Crippen molar-refractivity contribution in [1.29, 1.82) is 0 Å². The van der Waals surface area contributed by atoms with Crippen LogP contribution in [0.25, 0.3) is 6.08 Å². The van der Waals surface area contributed by atoms with Gasteiger partial charge in [0.2, 0.25) is 11.8 Å². The monoisotopic (exact) mass is 460 g/mol. The lowest BCUT2D eigenvalue weighted by Crippen LogP contribution is -2.40. The molecule has 1 aliphatic heterocycles. The van der Waals surface area contributed by atoms with E-state index >= 15 is 0 Å². The maximum Gasteiger partial charge on any atom is 0.246 e. The third-order valence-corrected chi connectivity index (χ3v) is 5.47. The van der Waals surface area contributed by atoms with Gasteiger partial charge in [0.15, 0.2) is 0 Å². The van der Waals surface area contributed by atoms with E-state index in [-0.39, 0.29) is 17.7 Å². The van der Waals surface area contributed by atoms with Gasteiger partial charge >= 0.3 is 0 Å². The highest BCUT2D eigenvalue weighted by Gasteiger charge is 2.26. The molecule has 1 N–H and O–H groups in total. The molecule has 0 aliphatic carbocycles. The number of nitrogens with one attached hydrogen (secondary N) is 1. The van der Waals surface area contributed by atoms with Crippen molar-refractivity contribution in [3.63, 3.8) is 0 Å². The number of para-hydroxylation sites is 1. The summed E-state index contributed by atoms with van der Waals surface area (Å²) >= 11 is 2.22. The second-order valence-electron chi connectivity index (χ2n) is 6.31. The summed E-state index contributed by atoms with van der Waals surface area (Å²) in [5.74, 6) is -0.000444. The maximum atomic E-state index is 12.5. The zero-order chi connectivity index (χ0) is 18.4. The van der Waals surface area contributed by atoms with E-state index in [9.17, 15) is 9.59 Å². The SMILES string of the molecule is O=C(Nc1ccccc1I)C1CCN(C(=O)/C=C/c2ccccc2)CC1. The number of hydrogen-bond donors (Lipinski definition) is 1. The van der Waals surface area contributed by atoms with E-state index in [1.54, 1.807) is 6.08 Å². The number of rotatable bonds is 4. The van der Waals surface area contributed by atoms with Crippen molar-refractivity contribution in [3.8, 4) is 0 Å². The first-order valence-corrected chi connectivity index (χ1v) is 9.79. The van der Waals surface area contributed by atoms with E-state index < -0.39 is 0 Å². The Balaban J connectivity index is 1.50. The fraction of sp³-hybridized carbons (Fsp3) is 0.238. The minimum Gasteiger partial charge on any atom is -0.339 e. The summed E-state index contributed by atoms with van der Waals surface area (Å²) in [5, 5.41) is 3.01. The van der Waals surface area contributed by atoms with Crippen molar-refractivity contribution in [1.82, 2.24) is 4.90 Å². The van der Waals surface area contributed by atoms with Crippen LogP contribution in [0.2, 0.25) is 0 Å². The van der Waals surface area contributed by atoms with E-state index in [2.05, 4.69) is 27.9 Å². The second-order valence-corrected chi connectivity index (χ2v) is 7.47. The number of benzene rings is 2. The maximum absolute atomic E-state index is 12.5. The molecule has 0 atom stereocenters. The smallest absolute Gasteiger partial charge is 0.246 e. The normalized spacial score (nSPS) is 15.2. The molecule has 0 aromatic heterocycles. The van der Waals surface area contributed by atoms with E-state index in [0.29, 0.717) is 25.9 Å². The van der Waals surface area contributed by atoms with Gasteiger partial charge in [-0.2, -0.15) is 0 Å². The Morgan fingerprint density at radius 1 is 1.00 bits per heavy atom. The number of carbonyl (C=O) groups excluding carboxylic acids is 2. The number of piperidine rings is 1. The van der Waals surface area contributed by atoms with Gasteiger partial charge in [0.25, 0.3) is 0 Å². The van der Waals surface area contributed by atoms with Crippen molar-refractivity contribution < 1.29 is 9.59 Å². The average Bonchev–Trinajstić information content (AvgIpc) is 2.69. The molecule has 0 saturated carbocycles. The van der Waals surface area contributed by atoms with Crippen LogP contribution < -0.4 is 5.32 Å². The highest BCUT2D eigenvalue weighted by Crippen LogP contribution is 2.22. The molecule has 26 heavy (non-hydrogen) atoms. The van der Waals surface area contributed by atoms with Crippen LogP contribution in [0, 0.1) is 9.49 Å². The molecule has 1 fully saturated rings. The molecule has 5 heteroatoms. The first-order valence-electron chi connectivity index (χ1n) is 8.71. The minimum atomic E-state index is -0.0480. The van der Waals surface area contributed by atoms with Crippen molar-refractivity contribution in [2.45, 2.75) is 12.8 Å². The van der Waals surface area contributed by atoms with Crippen LogP contribution in [0.1, 0.15) is 18.4 Å². The van der Waals surface area contributed by atoms with Gasteiger partial charge in [-0.15, -0.1) is 0 Å². The van der Waals surface area contributed by atoms with Crippen molar-refractivity contribution in [2.75, 3.05) is 18.4 Å². The average molecular weight is 460 g/mol. The number of halogens is 1. The number of amides is 2. The Bertz CT molecular complexity index is 797. The van der Waals surface area contributed by atoms with Crippen molar-refractivity contribution >= 4 is 46.2 Å². The van der Waals surface area contributed by atoms with Crippen molar-refractivity contribution in [3.05, 3.63) is 69.8 Å². The summed E-state index contributed by atoms with van der Waals surface area (Å²) in [7, 11) is 0. The fourth-order valence-electron chi connectivity index (χ4n) is 3.00. The van der Waals surface area contributed by atoms with Gasteiger partial charge in [0.05, 0.1) is 5.69 Å². The summed E-state index contributed by atoms with van der Waals surface area (Å²) in [6, 6.07) is 17.5. The minimum absolute atomic E-state index is 0.00493. The fourth-order valence-corrected chi connectivity index (χ4v) is 3.52. The third kappa shape index (κ3) is 4.94. The summed E-state index contributed by atoms with van der Waals surface area (Å²) in [4.78, 5) is 26.6. The summed E-state index contributed by atoms with van der Waals surface area (Å²) in [5.41, 5.74) is 1.86. The summed E-state index contributed by atoms with van der Waals surface area (Å²) in [6.45, 7) is 1.23. The Hall–Kier alpha value is -2.15. The first kappa shape index (κ1) is 18.6. The molecule has 1 heterocycles. The molecular weight excluding hydrogens is 439 g/mol. The highest BCUT2D eigenvalue weighted by atomic mass is 127. The molecule has 0 radical (unpaired) electrons. The second kappa shape index (κ2) is 8.98. The van der Waals surface area contributed by atoms with Crippen molar-refractivity contribution in [2.24, 2.45) is 5.92 Å². The van der Waals surface area contributed by atoms with E-state index in [1.807, 2.05) is 65.6 Å². The summed E-state index contributed by atoms with van der Waals surface area (Å²) < 4.78 is 1.03. The molecule has 4 nitrogen and oxygen atoms in total. The van der Waals surface area contributed by atoms with E-state index in [0.717, 1.165) is 14.8 Å². The number of hydrogen-bond acceptors (Lipinski definition) is 2. The van der Waals surface area contributed by atoms with Gasteiger partial charge in [-0.05, 0) is 59.2 Å². The van der Waals surface area contributed by atoms with Crippen LogP contribution >= 0.6 is 22.6 Å². The molecule has 2 amide bonds. The number of anilines is 1. The lowest BCUT2D eigenvalue weighted by atomic mass is 9.95. The van der Waals surface area contributed by atoms with Gasteiger partial charge in [0.1, 0.15) is 0 Å². The van der Waals surface area contributed by atoms with E-state index in [4.69, 9.17) is 0 Å². The standard InChI is InChI=1S/C21H21IN2O2/c22-18-8-4-5-9-19(18)23-21(26)17-12-14-24(15-13-17)20(25)11-10-16-6-2-1-3-7-16/h1-11,17H,12-15H2,(H,23,26)/b11-10+. The van der Waals surface area contributed by atoms with Crippen LogP contribution in [0.3, 0.4) is 0 Å². The molecule has 1 saturated heterocycles. The Morgan fingerprint density at radius 2 is 1.65 bits per heavy atom. The molecule has 2 aromatic carbocycles. The van der Waals surface area contributed by atoms with Gasteiger partial charge in [-0.25, -0.2) is 0 Å². The molecule has 0 unspecified atom stereocenters. The molecule has 3 rings (SSSR count). The molecular formula is C21H21IN2O2. The predicted molar refractivity (Wildman–Crippen MR) is 113 cm³/mol. The van der Waals surface area contributed by atoms with Crippen LogP contribution in [0.15, 0.2) is 60.7 Å². The summed E-state index contributed by atoms with van der Waals surface area (Å²) in [6.07, 6.45) is 4.83. The molecule has 0 spiro atoms. The largest absolute Gasteiger partial charge is 0.339 e. The van der Waals surface area contributed by atoms with Gasteiger partial charge in [0, 0.05) is 28.7 Å². The number of carbonyl (C=O) groups is 2. The Labute approximate surface area is 167 Å². The Morgan fingerprint density at radius 3 is 2.35 bits per heavy atom. The van der Waals surface area contributed by atoms with Gasteiger partial charge in [-0.3, -0.25) is 9.59 Å². The first-order chi connectivity index (χ1) is 12.6. The molecule has 134 valence electrons. The van der Waals surface area contributed by atoms with Crippen LogP contribution in [-0.4, -0.2) is 29.8 Å². The number of nitrogens with zero attached hydrogens (tertiary/aromatic N) is 1. The van der Waals surface area contributed by atoms with Crippen LogP contribution in [0.4, 0.5) is 5.69 Å².